The Kier molecular flexibility index (Phi) is 5.23. The van der Waals surface area contributed by atoms with Gasteiger partial charge in [0.15, 0.2) is 0 Å². The second kappa shape index (κ2) is 6.76. The standard InChI is InChI=1S/C11H14FN2O5PS/c12-10-1-3-11(4-2-10)13-5-7-14(8-6-13)21(17,18)9-19-20(15)16/h1-4H,5-9H2/p+1. The Morgan fingerprint density at radius 1 is 1.19 bits per heavy atom. The summed E-state index contributed by atoms with van der Waals surface area (Å²) in [5.74, 6) is -1.13. The number of anilines is 1. The van der Waals surface area contributed by atoms with Crippen LogP contribution in [0.5, 0.6) is 0 Å². The van der Waals surface area contributed by atoms with Crippen LogP contribution in [0.3, 0.4) is 0 Å². The van der Waals surface area contributed by atoms with E-state index >= 15 is 0 Å². The van der Waals surface area contributed by atoms with Crippen molar-refractivity contribution in [3.63, 3.8) is 0 Å². The van der Waals surface area contributed by atoms with E-state index in [-0.39, 0.29) is 18.9 Å². The van der Waals surface area contributed by atoms with E-state index in [2.05, 4.69) is 4.52 Å². The zero-order valence-electron chi connectivity index (χ0n) is 11.1. The van der Waals surface area contributed by atoms with Gasteiger partial charge in [-0.15, -0.1) is 9.42 Å². The maximum atomic E-state index is 12.9. The Hall–Kier alpha value is -1.12. The van der Waals surface area contributed by atoms with Crippen molar-refractivity contribution in [2.24, 2.45) is 0 Å². The van der Waals surface area contributed by atoms with Crippen LogP contribution >= 0.6 is 8.25 Å². The lowest BCUT2D eigenvalue weighted by Crippen LogP contribution is -2.49. The van der Waals surface area contributed by atoms with Crippen molar-refractivity contribution < 1.29 is 26.8 Å². The van der Waals surface area contributed by atoms with Crippen molar-refractivity contribution in [3.05, 3.63) is 30.1 Å². The molecule has 0 bridgehead atoms. The van der Waals surface area contributed by atoms with E-state index in [0.717, 1.165) is 5.69 Å². The minimum atomic E-state index is -3.71. The Balaban J connectivity index is 1.93. The van der Waals surface area contributed by atoms with Gasteiger partial charge < -0.3 is 4.90 Å². The first-order chi connectivity index (χ1) is 9.88. The summed E-state index contributed by atoms with van der Waals surface area (Å²) >= 11 is 0. The second-order valence-corrected chi connectivity index (χ2v) is 7.11. The lowest BCUT2D eigenvalue weighted by molar-refractivity contribution is 0.305. The number of hydrogen-bond donors (Lipinski definition) is 1. The van der Waals surface area contributed by atoms with Gasteiger partial charge >= 0.3 is 8.25 Å². The van der Waals surface area contributed by atoms with E-state index in [1.54, 1.807) is 12.1 Å². The summed E-state index contributed by atoms with van der Waals surface area (Å²) in [6.07, 6.45) is 0. The van der Waals surface area contributed by atoms with E-state index in [4.69, 9.17) is 4.89 Å². The monoisotopic (exact) mass is 337 g/mol. The predicted molar refractivity (Wildman–Crippen MR) is 74.9 cm³/mol. The molecule has 0 spiro atoms. The van der Waals surface area contributed by atoms with E-state index in [9.17, 15) is 17.4 Å². The van der Waals surface area contributed by atoms with Crippen LogP contribution < -0.4 is 4.90 Å². The Labute approximate surface area is 122 Å². The molecular weight excluding hydrogens is 322 g/mol. The summed E-state index contributed by atoms with van der Waals surface area (Å²) in [5, 5.41) is 0. The number of halogens is 1. The highest BCUT2D eigenvalue weighted by Crippen LogP contribution is 2.20. The molecule has 1 aliphatic rings. The molecule has 1 saturated heterocycles. The van der Waals surface area contributed by atoms with E-state index in [1.807, 2.05) is 4.90 Å². The number of sulfonamides is 1. The van der Waals surface area contributed by atoms with Gasteiger partial charge in [0.25, 0.3) is 0 Å². The SMILES string of the molecule is O=[P+](O)OCS(=O)(=O)N1CCN(c2ccc(F)cc2)CC1. The van der Waals surface area contributed by atoms with Gasteiger partial charge in [-0.1, -0.05) is 0 Å². The molecule has 1 aromatic rings. The van der Waals surface area contributed by atoms with E-state index in [0.29, 0.717) is 13.1 Å². The highest BCUT2D eigenvalue weighted by atomic mass is 32.2. The third-order valence-corrected chi connectivity index (χ3v) is 5.23. The summed E-state index contributed by atoms with van der Waals surface area (Å²) in [4.78, 5) is 10.4. The van der Waals surface area contributed by atoms with Crippen molar-refractivity contribution in [2.75, 3.05) is 37.0 Å². The lowest BCUT2D eigenvalue weighted by Gasteiger charge is -2.34. The summed E-state index contributed by atoms with van der Waals surface area (Å²) < 4.78 is 52.5. The molecule has 1 heterocycles. The number of nitrogens with zero attached hydrogens (tertiary/aromatic N) is 2. The minimum Gasteiger partial charge on any atom is -0.369 e. The molecule has 0 saturated carbocycles. The van der Waals surface area contributed by atoms with Crippen molar-refractivity contribution in [1.29, 1.82) is 0 Å². The first-order valence-electron chi connectivity index (χ1n) is 6.16. The highest BCUT2D eigenvalue weighted by Gasteiger charge is 2.30. The molecule has 0 radical (unpaired) electrons. The van der Waals surface area contributed by atoms with Crippen LogP contribution in [-0.2, 0) is 19.1 Å². The molecule has 116 valence electrons. The minimum absolute atomic E-state index is 0.241. The average Bonchev–Trinajstić information content (AvgIpc) is 2.46. The largest absolute Gasteiger partial charge is 0.695 e. The topological polar surface area (TPSA) is 87.1 Å². The lowest BCUT2D eigenvalue weighted by atomic mass is 10.2. The molecule has 1 unspecified atom stereocenters. The third kappa shape index (κ3) is 4.42. The van der Waals surface area contributed by atoms with Gasteiger partial charge in [0.05, 0.1) is 0 Å². The van der Waals surface area contributed by atoms with Crippen LogP contribution in [0.4, 0.5) is 10.1 Å². The number of hydrogen-bond acceptors (Lipinski definition) is 5. The van der Waals surface area contributed by atoms with Crippen molar-refractivity contribution in [2.45, 2.75) is 0 Å². The average molecular weight is 337 g/mol. The quantitative estimate of drug-likeness (QED) is 0.804. The fraction of sp³-hybridized carbons (Fsp3) is 0.455. The smallest absolute Gasteiger partial charge is 0.369 e. The van der Waals surface area contributed by atoms with E-state index < -0.39 is 24.2 Å². The summed E-state index contributed by atoms with van der Waals surface area (Å²) in [7, 11) is -6.65. The molecule has 0 aromatic heterocycles. The molecule has 21 heavy (non-hydrogen) atoms. The van der Waals surface area contributed by atoms with Crippen LogP contribution in [0.15, 0.2) is 24.3 Å². The first kappa shape index (κ1) is 16.3. The van der Waals surface area contributed by atoms with Crippen molar-refractivity contribution >= 4 is 24.0 Å². The van der Waals surface area contributed by atoms with Gasteiger partial charge in [-0.2, -0.15) is 4.31 Å². The highest BCUT2D eigenvalue weighted by molar-refractivity contribution is 7.89. The Bertz CT molecular complexity index is 602. The Morgan fingerprint density at radius 3 is 2.29 bits per heavy atom. The molecule has 1 N–H and O–H groups in total. The van der Waals surface area contributed by atoms with Crippen molar-refractivity contribution in [3.8, 4) is 0 Å². The zero-order chi connectivity index (χ0) is 15.5. The number of piperazine rings is 1. The maximum Gasteiger partial charge on any atom is 0.695 e. The fourth-order valence-corrected chi connectivity index (χ4v) is 3.82. The van der Waals surface area contributed by atoms with Gasteiger partial charge in [-0.3, -0.25) is 0 Å². The number of rotatable bonds is 5. The number of benzene rings is 1. The van der Waals surface area contributed by atoms with Crippen LogP contribution in [0.1, 0.15) is 0 Å². The fourth-order valence-electron chi connectivity index (χ4n) is 2.06. The normalized spacial score (nSPS) is 17.8. The maximum absolute atomic E-state index is 12.9. The summed E-state index contributed by atoms with van der Waals surface area (Å²) in [6, 6.07) is 5.98. The molecule has 1 fully saturated rings. The molecule has 0 aliphatic carbocycles. The summed E-state index contributed by atoms with van der Waals surface area (Å²) in [5.41, 5.74) is 0.822. The molecule has 10 heteroatoms. The molecule has 1 atom stereocenters. The zero-order valence-corrected chi connectivity index (χ0v) is 12.8. The molecule has 1 aromatic carbocycles. The predicted octanol–water partition coefficient (Wildman–Crippen LogP) is 0.901. The van der Waals surface area contributed by atoms with Gasteiger partial charge in [0.2, 0.25) is 16.0 Å². The van der Waals surface area contributed by atoms with E-state index in [1.165, 1.54) is 16.4 Å². The van der Waals surface area contributed by atoms with Gasteiger partial charge in [0.1, 0.15) is 5.82 Å². The third-order valence-electron chi connectivity index (χ3n) is 3.14. The van der Waals surface area contributed by atoms with Crippen LogP contribution in [0.25, 0.3) is 0 Å². The van der Waals surface area contributed by atoms with Gasteiger partial charge in [0, 0.05) is 36.4 Å². The van der Waals surface area contributed by atoms with Crippen LogP contribution in [-0.4, -0.2) is 49.7 Å². The van der Waals surface area contributed by atoms with Gasteiger partial charge in [-0.05, 0) is 24.3 Å². The second-order valence-electron chi connectivity index (χ2n) is 4.46. The molecule has 0 amide bonds. The summed E-state index contributed by atoms with van der Waals surface area (Å²) in [6.45, 7) is 1.39. The van der Waals surface area contributed by atoms with Crippen LogP contribution in [0.2, 0.25) is 0 Å². The van der Waals surface area contributed by atoms with Crippen LogP contribution in [0, 0.1) is 5.82 Å². The van der Waals surface area contributed by atoms with Gasteiger partial charge in [-0.25, -0.2) is 12.8 Å². The Morgan fingerprint density at radius 2 is 1.76 bits per heavy atom. The molecule has 2 rings (SSSR count). The molecular formula is C11H15FN2O5PS+. The van der Waals surface area contributed by atoms with Crippen molar-refractivity contribution in [1.82, 2.24) is 4.31 Å². The molecule has 7 nitrogen and oxygen atoms in total. The molecule has 1 aliphatic heterocycles. The first-order valence-corrected chi connectivity index (χ1v) is 8.90.